The van der Waals surface area contributed by atoms with Crippen LogP contribution < -0.4 is 5.32 Å². The first-order chi connectivity index (χ1) is 14.5. The van der Waals surface area contributed by atoms with Crippen LogP contribution >= 0.6 is 23.4 Å². The second kappa shape index (κ2) is 8.85. The van der Waals surface area contributed by atoms with E-state index < -0.39 is 0 Å². The number of amides is 1. The zero-order valence-electron chi connectivity index (χ0n) is 16.1. The van der Waals surface area contributed by atoms with Gasteiger partial charge in [-0.25, -0.2) is 14.4 Å². The molecule has 0 radical (unpaired) electrons. The molecular formula is C22H18ClFN4OS. The molecule has 2 heterocycles. The fraction of sp³-hybridized carbons (Fsp3) is 0.136. The molecular weight excluding hydrogens is 423 g/mol. The molecule has 1 amide bonds. The molecule has 5 nitrogen and oxygen atoms in total. The van der Waals surface area contributed by atoms with Crippen LogP contribution in [0.5, 0.6) is 0 Å². The Labute approximate surface area is 182 Å². The zero-order valence-corrected chi connectivity index (χ0v) is 17.7. The van der Waals surface area contributed by atoms with Crippen LogP contribution in [0.3, 0.4) is 0 Å². The summed E-state index contributed by atoms with van der Waals surface area (Å²) in [6.07, 6.45) is 1.66. The summed E-state index contributed by atoms with van der Waals surface area (Å²) in [6, 6.07) is 15.6. The summed E-state index contributed by atoms with van der Waals surface area (Å²) in [5.41, 5.74) is 3.32. The second-order valence-corrected chi connectivity index (χ2v) is 8.02. The summed E-state index contributed by atoms with van der Waals surface area (Å²) in [5, 5.41) is 4.08. The Hall–Kier alpha value is -2.90. The number of rotatable bonds is 6. The lowest BCUT2D eigenvalue weighted by molar-refractivity contribution is -0.116. The predicted molar refractivity (Wildman–Crippen MR) is 118 cm³/mol. The van der Waals surface area contributed by atoms with Gasteiger partial charge in [0, 0.05) is 22.7 Å². The first kappa shape index (κ1) is 20.4. The molecule has 0 saturated heterocycles. The molecule has 0 spiro atoms. The maximum atomic E-state index is 14.0. The van der Waals surface area contributed by atoms with Gasteiger partial charge in [-0.3, -0.25) is 9.36 Å². The molecule has 0 unspecified atom stereocenters. The quantitative estimate of drug-likeness (QED) is 0.404. The van der Waals surface area contributed by atoms with Gasteiger partial charge in [-0.1, -0.05) is 47.6 Å². The van der Waals surface area contributed by atoms with Crippen molar-refractivity contribution in [3.8, 4) is 0 Å². The Bertz CT molecular complexity index is 1230. The van der Waals surface area contributed by atoms with E-state index in [1.54, 1.807) is 53.2 Å². The van der Waals surface area contributed by atoms with Gasteiger partial charge in [-0.05, 0) is 48.4 Å². The highest BCUT2D eigenvalue weighted by Crippen LogP contribution is 2.27. The summed E-state index contributed by atoms with van der Waals surface area (Å²) in [6.45, 7) is 1.88. The van der Waals surface area contributed by atoms with Crippen molar-refractivity contribution in [3.05, 3.63) is 82.8 Å². The Kier molecular flexibility index (Phi) is 6.01. The molecule has 0 fully saturated rings. The summed E-state index contributed by atoms with van der Waals surface area (Å²) in [4.78, 5) is 21.7. The van der Waals surface area contributed by atoms with Gasteiger partial charge in [0.25, 0.3) is 0 Å². The van der Waals surface area contributed by atoms with Crippen LogP contribution in [-0.4, -0.2) is 20.4 Å². The maximum Gasteiger partial charge on any atom is 0.244 e. The first-order valence-corrected chi connectivity index (χ1v) is 10.6. The predicted octanol–water partition coefficient (Wildman–Crippen LogP) is 5.46. The lowest BCUT2D eigenvalue weighted by Gasteiger charge is -2.12. The molecule has 0 bridgehead atoms. The third kappa shape index (κ3) is 4.32. The van der Waals surface area contributed by atoms with Crippen molar-refractivity contribution >= 4 is 46.1 Å². The van der Waals surface area contributed by atoms with Crippen LogP contribution in [0.2, 0.25) is 5.02 Å². The number of anilines is 1. The molecule has 2 aromatic heterocycles. The number of fused-ring (bicyclic) bond motifs is 1. The van der Waals surface area contributed by atoms with E-state index in [1.165, 1.54) is 17.8 Å². The number of halogens is 2. The Morgan fingerprint density at radius 1 is 1.17 bits per heavy atom. The number of hydrogen-bond donors (Lipinski definition) is 1. The first-order valence-electron chi connectivity index (χ1n) is 9.25. The zero-order chi connectivity index (χ0) is 21.1. The average Bonchev–Trinajstić information content (AvgIpc) is 3.08. The Morgan fingerprint density at radius 2 is 2.00 bits per heavy atom. The molecule has 0 saturated carbocycles. The van der Waals surface area contributed by atoms with Crippen LogP contribution in [-0.2, 0) is 17.1 Å². The van der Waals surface area contributed by atoms with Crippen LogP contribution in [0.1, 0.15) is 11.1 Å². The summed E-state index contributed by atoms with van der Waals surface area (Å²) >= 11 is 7.51. The standard InChI is InChI=1S/C22H18ClFN4OS/c1-14-16(23)7-4-9-18(14)26-20(29)12-28-21-19(10-5-11-25-21)27-22(28)30-13-15-6-2-3-8-17(15)24/h2-11H,12-13H2,1H3,(H,26,29). The van der Waals surface area contributed by atoms with E-state index in [1.807, 2.05) is 13.0 Å². The molecule has 0 aliphatic rings. The van der Waals surface area contributed by atoms with Crippen molar-refractivity contribution in [3.63, 3.8) is 0 Å². The number of hydrogen-bond acceptors (Lipinski definition) is 4. The lowest BCUT2D eigenvalue weighted by Crippen LogP contribution is -2.20. The Balaban J connectivity index is 1.59. The highest BCUT2D eigenvalue weighted by molar-refractivity contribution is 7.98. The summed E-state index contributed by atoms with van der Waals surface area (Å²) in [7, 11) is 0. The highest BCUT2D eigenvalue weighted by Gasteiger charge is 2.16. The van der Waals surface area contributed by atoms with Gasteiger partial charge in [-0.2, -0.15) is 0 Å². The normalized spacial score (nSPS) is 11.0. The van der Waals surface area contributed by atoms with E-state index in [4.69, 9.17) is 11.6 Å². The van der Waals surface area contributed by atoms with E-state index in [-0.39, 0.29) is 18.3 Å². The summed E-state index contributed by atoms with van der Waals surface area (Å²) < 4.78 is 15.7. The topological polar surface area (TPSA) is 59.8 Å². The van der Waals surface area contributed by atoms with Crippen molar-refractivity contribution in [2.45, 2.75) is 24.4 Å². The van der Waals surface area contributed by atoms with Crippen molar-refractivity contribution in [2.24, 2.45) is 0 Å². The van der Waals surface area contributed by atoms with E-state index in [0.29, 0.717) is 38.3 Å². The number of thioether (sulfide) groups is 1. The Morgan fingerprint density at radius 3 is 2.83 bits per heavy atom. The lowest BCUT2D eigenvalue weighted by atomic mass is 10.2. The molecule has 8 heteroatoms. The minimum atomic E-state index is -0.264. The smallest absolute Gasteiger partial charge is 0.244 e. The third-order valence-corrected chi connectivity index (χ3v) is 6.06. The fourth-order valence-corrected chi connectivity index (χ4v) is 4.19. The van der Waals surface area contributed by atoms with Gasteiger partial charge < -0.3 is 5.32 Å². The number of carbonyl (C=O) groups excluding carboxylic acids is 1. The fourth-order valence-electron chi connectivity index (χ4n) is 3.02. The number of pyridine rings is 1. The maximum absolute atomic E-state index is 14.0. The number of aromatic nitrogens is 3. The van der Waals surface area contributed by atoms with Crippen LogP contribution in [0.15, 0.2) is 66.0 Å². The van der Waals surface area contributed by atoms with Crippen LogP contribution in [0.4, 0.5) is 10.1 Å². The van der Waals surface area contributed by atoms with Gasteiger partial charge in [0.1, 0.15) is 17.9 Å². The molecule has 0 aliphatic carbocycles. The van der Waals surface area contributed by atoms with E-state index >= 15 is 0 Å². The largest absolute Gasteiger partial charge is 0.324 e. The molecule has 4 aromatic rings. The van der Waals surface area contributed by atoms with Gasteiger partial charge in [0.15, 0.2) is 10.8 Å². The molecule has 0 atom stereocenters. The minimum Gasteiger partial charge on any atom is -0.324 e. The monoisotopic (exact) mass is 440 g/mol. The van der Waals surface area contributed by atoms with E-state index in [2.05, 4.69) is 15.3 Å². The van der Waals surface area contributed by atoms with Crippen LogP contribution in [0, 0.1) is 12.7 Å². The minimum absolute atomic E-state index is 0.0269. The third-order valence-electron chi connectivity index (χ3n) is 4.63. The number of nitrogens with one attached hydrogen (secondary N) is 1. The van der Waals surface area contributed by atoms with Gasteiger partial charge in [0.2, 0.25) is 5.91 Å². The average molecular weight is 441 g/mol. The molecule has 0 aliphatic heterocycles. The van der Waals surface area contributed by atoms with Crippen molar-refractivity contribution < 1.29 is 9.18 Å². The number of nitrogens with zero attached hydrogens (tertiary/aromatic N) is 3. The molecule has 1 N–H and O–H groups in total. The van der Waals surface area contributed by atoms with E-state index in [9.17, 15) is 9.18 Å². The summed E-state index contributed by atoms with van der Waals surface area (Å²) in [5.74, 6) is -0.0941. The van der Waals surface area contributed by atoms with Crippen molar-refractivity contribution in [1.29, 1.82) is 0 Å². The van der Waals surface area contributed by atoms with Gasteiger partial charge in [0.05, 0.1) is 0 Å². The number of carbonyl (C=O) groups is 1. The molecule has 152 valence electrons. The number of benzene rings is 2. The molecule has 2 aromatic carbocycles. The van der Waals surface area contributed by atoms with Gasteiger partial charge in [-0.15, -0.1) is 0 Å². The second-order valence-electron chi connectivity index (χ2n) is 6.67. The van der Waals surface area contributed by atoms with Gasteiger partial charge >= 0.3 is 0 Å². The number of imidazole rings is 1. The molecule has 4 rings (SSSR count). The van der Waals surface area contributed by atoms with E-state index in [0.717, 1.165) is 5.56 Å². The highest BCUT2D eigenvalue weighted by atomic mass is 35.5. The van der Waals surface area contributed by atoms with Crippen molar-refractivity contribution in [1.82, 2.24) is 14.5 Å². The van der Waals surface area contributed by atoms with Crippen LogP contribution in [0.25, 0.3) is 11.2 Å². The SMILES string of the molecule is Cc1c(Cl)cccc1NC(=O)Cn1c(SCc2ccccc2F)nc2cccnc21. The molecule has 30 heavy (non-hydrogen) atoms. The van der Waals surface area contributed by atoms with Crippen molar-refractivity contribution in [2.75, 3.05) is 5.32 Å².